The number of fused-ring (bicyclic) bond motifs is 1. The molecule has 0 bridgehead atoms. The zero-order chi connectivity index (χ0) is 19.1. The highest BCUT2D eigenvalue weighted by Gasteiger charge is 2.55. The smallest absolute Gasteiger partial charge is 0.246 e. The Morgan fingerprint density at radius 3 is 2.64 bits per heavy atom. The molecule has 3 aliphatic heterocycles. The number of hydrogen-bond donors (Lipinski definition) is 1. The number of nitrogens with one attached hydrogen (secondary N) is 1. The first-order valence-corrected chi connectivity index (χ1v) is 11.4. The molecule has 1 aromatic carbocycles. The first-order valence-electron chi connectivity index (χ1n) is 10.3. The zero-order valence-electron chi connectivity index (χ0n) is 15.9. The Labute approximate surface area is 169 Å². The van der Waals surface area contributed by atoms with Crippen molar-refractivity contribution in [1.29, 1.82) is 0 Å². The first-order chi connectivity index (χ1) is 13.7. The van der Waals surface area contributed by atoms with Crippen molar-refractivity contribution >= 4 is 23.6 Å². The fourth-order valence-corrected chi connectivity index (χ4v) is 6.19. The van der Waals surface area contributed by atoms with E-state index in [0.717, 1.165) is 54.3 Å². The molecule has 0 spiro atoms. The summed E-state index contributed by atoms with van der Waals surface area (Å²) in [5, 5.41) is 3.29. The molecule has 5 rings (SSSR count). The third kappa shape index (κ3) is 2.95. The third-order valence-electron chi connectivity index (χ3n) is 6.62. The third-order valence-corrected chi connectivity index (χ3v) is 7.61. The van der Waals surface area contributed by atoms with Gasteiger partial charge in [-0.25, -0.2) is 0 Å². The van der Waals surface area contributed by atoms with Gasteiger partial charge in [0.25, 0.3) is 0 Å². The van der Waals surface area contributed by atoms with Crippen molar-refractivity contribution in [1.82, 2.24) is 10.2 Å². The highest BCUT2D eigenvalue weighted by Crippen LogP contribution is 2.47. The zero-order valence-corrected chi connectivity index (χ0v) is 16.8. The summed E-state index contributed by atoms with van der Waals surface area (Å²) in [5.41, 5.74) is 0.305. The van der Waals surface area contributed by atoms with Gasteiger partial charge in [0.05, 0.1) is 12.5 Å². The Balaban J connectivity index is 1.43. The number of ether oxygens (including phenoxy) is 2. The summed E-state index contributed by atoms with van der Waals surface area (Å²) >= 11 is 1.87. The van der Waals surface area contributed by atoms with Crippen LogP contribution in [0.2, 0.25) is 0 Å². The molecule has 1 aliphatic carbocycles. The van der Waals surface area contributed by atoms with Crippen LogP contribution >= 0.6 is 11.8 Å². The summed E-state index contributed by atoms with van der Waals surface area (Å²) in [6.45, 7) is 0.233. The Kier molecular flexibility index (Phi) is 4.65. The maximum absolute atomic E-state index is 13.5. The van der Waals surface area contributed by atoms with Gasteiger partial charge in [-0.15, -0.1) is 0 Å². The Morgan fingerprint density at radius 1 is 1.14 bits per heavy atom. The number of carbonyl (C=O) groups excluding carboxylic acids is 2. The Morgan fingerprint density at radius 2 is 1.89 bits per heavy atom. The fourth-order valence-electron chi connectivity index (χ4n) is 5.02. The first kappa shape index (κ1) is 18.2. The van der Waals surface area contributed by atoms with Gasteiger partial charge in [0.1, 0.15) is 5.54 Å². The molecule has 4 aliphatic rings. The molecule has 1 unspecified atom stereocenters. The molecule has 2 amide bonds. The molecule has 150 valence electrons. The second-order valence-corrected chi connectivity index (χ2v) is 9.42. The summed E-state index contributed by atoms with van der Waals surface area (Å²) < 4.78 is 10.9. The molecular formula is C21H26N2O4S. The van der Waals surface area contributed by atoms with E-state index in [1.165, 1.54) is 12.8 Å². The van der Waals surface area contributed by atoms with Gasteiger partial charge < -0.3 is 19.7 Å². The molecule has 1 saturated carbocycles. The van der Waals surface area contributed by atoms with E-state index in [1.54, 1.807) is 0 Å². The number of rotatable bonds is 4. The summed E-state index contributed by atoms with van der Waals surface area (Å²) in [6.07, 6.45) is 6.36. The minimum absolute atomic E-state index is 0.0542. The van der Waals surface area contributed by atoms with E-state index < -0.39 is 5.54 Å². The molecule has 1 aromatic rings. The van der Waals surface area contributed by atoms with E-state index in [-0.39, 0.29) is 30.7 Å². The van der Waals surface area contributed by atoms with E-state index in [9.17, 15) is 9.59 Å². The molecule has 0 aromatic heterocycles. The van der Waals surface area contributed by atoms with Crippen molar-refractivity contribution in [3.05, 3.63) is 23.8 Å². The number of thioether (sulfide) groups is 1. The molecule has 7 heteroatoms. The van der Waals surface area contributed by atoms with Crippen molar-refractivity contribution in [2.75, 3.05) is 18.3 Å². The average molecular weight is 403 g/mol. The summed E-state index contributed by atoms with van der Waals surface area (Å²) in [7, 11) is 0. The van der Waals surface area contributed by atoms with E-state index in [4.69, 9.17) is 9.47 Å². The normalized spacial score (nSPS) is 26.2. The van der Waals surface area contributed by atoms with Crippen molar-refractivity contribution in [2.45, 2.75) is 62.6 Å². The van der Waals surface area contributed by atoms with Gasteiger partial charge in [-0.2, -0.15) is 11.8 Å². The number of likely N-dealkylation sites (tertiary alicyclic amines) is 1. The van der Waals surface area contributed by atoms with Gasteiger partial charge in [-0.1, -0.05) is 18.9 Å². The van der Waals surface area contributed by atoms with Crippen LogP contribution in [0.25, 0.3) is 0 Å². The van der Waals surface area contributed by atoms with Crippen molar-refractivity contribution < 1.29 is 19.1 Å². The lowest BCUT2D eigenvalue weighted by Crippen LogP contribution is -2.68. The van der Waals surface area contributed by atoms with Gasteiger partial charge in [0.2, 0.25) is 18.6 Å². The van der Waals surface area contributed by atoms with Crippen LogP contribution in [0.1, 0.15) is 56.6 Å². The molecule has 2 saturated heterocycles. The Bertz CT molecular complexity index is 787. The highest BCUT2D eigenvalue weighted by molar-refractivity contribution is 7.99. The van der Waals surface area contributed by atoms with E-state index in [2.05, 4.69) is 5.32 Å². The van der Waals surface area contributed by atoms with E-state index in [0.29, 0.717) is 6.42 Å². The monoisotopic (exact) mass is 402 g/mol. The van der Waals surface area contributed by atoms with Gasteiger partial charge in [-0.05, 0) is 54.9 Å². The minimum atomic E-state index is -0.718. The molecule has 6 nitrogen and oxygen atoms in total. The lowest BCUT2D eigenvalue weighted by molar-refractivity contribution is -0.166. The molecular weight excluding hydrogens is 376 g/mol. The van der Waals surface area contributed by atoms with Gasteiger partial charge >= 0.3 is 0 Å². The topological polar surface area (TPSA) is 67.9 Å². The molecule has 1 atom stereocenters. The van der Waals surface area contributed by atoms with Crippen LogP contribution in [-0.2, 0) is 9.59 Å². The van der Waals surface area contributed by atoms with Crippen LogP contribution in [0.15, 0.2) is 18.2 Å². The molecule has 0 radical (unpaired) electrons. The van der Waals surface area contributed by atoms with Crippen molar-refractivity contribution in [2.24, 2.45) is 0 Å². The van der Waals surface area contributed by atoms with Crippen LogP contribution < -0.4 is 14.8 Å². The van der Waals surface area contributed by atoms with Crippen LogP contribution in [0.3, 0.4) is 0 Å². The van der Waals surface area contributed by atoms with Crippen LogP contribution in [0.4, 0.5) is 0 Å². The maximum atomic E-state index is 13.5. The summed E-state index contributed by atoms with van der Waals surface area (Å²) in [6, 6.07) is 6.06. The second kappa shape index (κ2) is 7.17. The van der Waals surface area contributed by atoms with Crippen molar-refractivity contribution in [3.63, 3.8) is 0 Å². The largest absolute Gasteiger partial charge is 0.454 e. The quantitative estimate of drug-likeness (QED) is 0.784. The maximum Gasteiger partial charge on any atom is 0.246 e. The van der Waals surface area contributed by atoms with Crippen LogP contribution in [-0.4, -0.2) is 46.6 Å². The molecule has 3 heterocycles. The number of hydrogen-bond acceptors (Lipinski definition) is 5. The number of nitrogens with zero attached hydrogens (tertiary/aromatic N) is 1. The predicted octanol–water partition coefficient (Wildman–Crippen LogP) is 3.01. The summed E-state index contributed by atoms with van der Waals surface area (Å²) in [5.74, 6) is 3.42. The summed E-state index contributed by atoms with van der Waals surface area (Å²) in [4.78, 5) is 28.1. The SMILES string of the molecule is O=C1CC(c2ccc3c(c2)OCO3)N1C1(C(=O)NC2CCCC2)CCSCC1. The van der Waals surface area contributed by atoms with E-state index in [1.807, 2.05) is 34.9 Å². The molecule has 28 heavy (non-hydrogen) atoms. The lowest BCUT2D eigenvalue weighted by atomic mass is 9.80. The van der Waals surface area contributed by atoms with Crippen molar-refractivity contribution in [3.8, 4) is 11.5 Å². The standard InChI is InChI=1S/C21H26N2O4S/c24-19-12-16(14-5-6-17-18(11-14)27-13-26-17)23(19)21(7-9-28-10-8-21)20(25)22-15-3-1-2-4-15/h5-6,11,15-16H,1-4,7-10,12-13H2,(H,22,25). The van der Waals surface area contributed by atoms with Gasteiger partial charge in [-0.3, -0.25) is 9.59 Å². The Hall–Kier alpha value is -1.89. The lowest BCUT2D eigenvalue weighted by Gasteiger charge is -2.54. The second-order valence-electron chi connectivity index (χ2n) is 8.20. The number of carbonyl (C=O) groups is 2. The van der Waals surface area contributed by atoms with Gasteiger partial charge in [0.15, 0.2) is 11.5 Å². The fraction of sp³-hybridized carbons (Fsp3) is 0.619. The van der Waals surface area contributed by atoms with Crippen LogP contribution in [0, 0.1) is 0 Å². The highest BCUT2D eigenvalue weighted by atomic mass is 32.2. The minimum Gasteiger partial charge on any atom is -0.454 e. The predicted molar refractivity (Wildman–Crippen MR) is 106 cm³/mol. The molecule has 3 fully saturated rings. The average Bonchev–Trinajstić information content (AvgIpc) is 3.37. The number of amides is 2. The van der Waals surface area contributed by atoms with Crippen LogP contribution in [0.5, 0.6) is 11.5 Å². The number of benzene rings is 1. The number of β-lactam (4-membered cyclic amide) rings is 1. The molecule has 1 N–H and O–H groups in total. The van der Waals surface area contributed by atoms with Gasteiger partial charge in [0, 0.05) is 6.04 Å². The van der Waals surface area contributed by atoms with E-state index >= 15 is 0 Å².